The average Bonchev–Trinajstić information content (AvgIpc) is 2.45. The summed E-state index contributed by atoms with van der Waals surface area (Å²) < 4.78 is 0. The Morgan fingerprint density at radius 1 is 1.08 bits per heavy atom. The fourth-order valence-electron chi connectivity index (χ4n) is 1.50. The van der Waals surface area contributed by atoms with E-state index in [0.717, 1.165) is 13.1 Å². The molecule has 13 heavy (non-hydrogen) atoms. The number of rotatable bonds is 0. The second-order valence-corrected chi connectivity index (χ2v) is 3.65. The van der Waals surface area contributed by atoms with Crippen LogP contribution in [0.3, 0.4) is 0 Å². The third-order valence-corrected chi connectivity index (χ3v) is 2.00. The summed E-state index contributed by atoms with van der Waals surface area (Å²) >= 11 is 0. The number of fused-ring (bicyclic) bond motifs is 1. The van der Waals surface area contributed by atoms with E-state index in [-0.39, 0.29) is 0 Å². The maximum Gasteiger partial charge on any atom is 0.0237 e. The highest BCUT2D eigenvalue weighted by Crippen LogP contribution is 2.19. The van der Waals surface area contributed by atoms with Crippen molar-refractivity contribution >= 4 is 0 Å². The third-order valence-electron chi connectivity index (χ3n) is 2.00. The molecule has 1 aromatic carbocycles. The molecular weight excluding hydrogens is 158 g/mol. The summed E-state index contributed by atoms with van der Waals surface area (Å²) in [5.41, 5.74) is 2.98. The van der Waals surface area contributed by atoms with E-state index in [9.17, 15) is 0 Å². The van der Waals surface area contributed by atoms with E-state index in [4.69, 9.17) is 0 Å². The smallest absolute Gasteiger partial charge is 0.0237 e. The van der Waals surface area contributed by atoms with Gasteiger partial charge in [-0.25, -0.2) is 0 Å². The number of benzene rings is 1. The molecule has 72 valence electrons. The lowest BCUT2D eigenvalue weighted by atomic mass is 10.1. The van der Waals surface area contributed by atoms with Crippen molar-refractivity contribution < 1.29 is 0 Å². The second-order valence-electron chi connectivity index (χ2n) is 3.65. The molecule has 0 saturated heterocycles. The highest BCUT2D eigenvalue weighted by Gasteiger charge is 2.12. The van der Waals surface area contributed by atoms with Gasteiger partial charge in [0.25, 0.3) is 0 Å². The predicted molar refractivity (Wildman–Crippen MR) is 57.6 cm³/mol. The topological polar surface area (TPSA) is 3.24 Å². The minimum Gasteiger partial charge on any atom is -0.298 e. The molecule has 1 aromatic rings. The zero-order valence-electron chi connectivity index (χ0n) is 8.88. The molecule has 0 aliphatic carbocycles. The van der Waals surface area contributed by atoms with Crippen LogP contribution in [0.2, 0.25) is 0 Å². The minimum atomic E-state index is 1.12. The van der Waals surface area contributed by atoms with E-state index in [1.807, 2.05) is 0 Å². The van der Waals surface area contributed by atoms with Gasteiger partial charge in [0.05, 0.1) is 0 Å². The highest BCUT2D eigenvalue weighted by atomic mass is 15.1. The summed E-state index contributed by atoms with van der Waals surface area (Å²) in [6.45, 7) is 6.49. The molecule has 1 nitrogen and oxygen atoms in total. The Hall–Kier alpha value is -0.820. The van der Waals surface area contributed by atoms with Gasteiger partial charge in [-0.3, -0.25) is 4.90 Å². The van der Waals surface area contributed by atoms with Crippen LogP contribution in [0, 0.1) is 0 Å². The van der Waals surface area contributed by atoms with Crippen LogP contribution in [0.4, 0.5) is 0 Å². The van der Waals surface area contributed by atoms with Crippen LogP contribution >= 0.6 is 0 Å². The van der Waals surface area contributed by atoms with Crippen molar-refractivity contribution in [3.05, 3.63) is 35.4 Å². The maximum atomic E-state index is 2.32. The molecule has 2 rings (SSSR count). The van der Waals surface area contributed by atoms with Gasteiger partial charge in [0.15, 0.2) is 0 Å². The van der Waals surface area contributed by atoms with E-state index < -0.39 is 0 Å². The number of hydrogen-bond acceptors (Lipinski definition) is 1. The average molecular weight is 177 g/mol. The van der Waals surface area contributed by atoms with Crippen molar-refractivity contribution in [1.29, 1.82) is 0 Å². The van der Waals surface area contributed by atoms with E-state index in [1.54, 1.807) is 0 Å². The quantitative estimate of drug-likeness (QED) is 0.588. The molecule has 1 aliphatic heterocycles. The van der Waals surface area contributed by atoms with E-state index >= 15 is 0 Å². The summed E-state index contributed by atoms with van der Waals surface area (Å²) in [6, 6.07) is 8.63. The molecule has 0 N–H and O–H groups in total. The second kappa shape index (κ2) is 5.03. The molecule has 0 unspecified atom stereocenters. The standard InChI is InChI=1S/C9H11N.C3H8/c1-10-6-8-4-2-3-5-9(8)7-10;1-3-2/h2-5H,6-7H2,1H3;3H2,1-2H3. The van der Waals surface area contributed by atoms with Gasteiger partial charge in [0.2, 0.25) is 0 Å². The molecule has 0 fully saturated rings. The Balaban J connectivity index is 0.000000251. The van der Waals surface area contributed by atoms with Gasteiger partial charge in [0, 0.05) is 13.1 Å². The molecular formula is C12H19N. The molecule has 0 bridgehead atoms. The van der Waals surface area contributed by atoms with Crippen LogP contribution in [0.5, 0.6) is 0 Å². The Morgan fingerprint density at radius 3 is 1.85 bits per heavy atom. The molecule has 0 aromatic heterocycles. The normalized spacial score (nSPS) is 14.7. The van der Waals surface area contributed by atoms with Crippen molar-refractivity contribution in [1.82, 2.24) is 4.90 Å². The van der Waals surface area contributed by atoms with E-state index in [2.05, 4.69) is 50.1 Å². The lowest BCUT2D eigenvalue weighted by molar-refractivity contribution is 0.353. The molecule has 0 radical (unpaired) electrons. The van der Waals surface area contributed by atoms with Crippen LogP contribution in [0.25, 0.3) is 0 Å². The van der Waals surface area contributed by atoms with Crippen molar-refractivity contribution in [3.63, 3.8) is 0 Å². The van der Waals surface area contributed by atoms with Gasteiger partial charge in [-0.05, 0) is 18.2 Å². The van der Waals surface area contributed by atoms with Crippen LogP contribution in [-0.4, -0.2) is 11.9 Å². The Labute approximate surface area is 81.4 Å². The third kappa shape index (κ3) is 2.85. The Kier molecular flexibility index (Phi) is 3.97. The maximum absolute atomic E-state index is 2.32. The summed E-state index contributed by atoms with van der Waals surface area (Å²) in [5.74, 6) is 0. The van der Waals surface area contributed by atoms with Crippen molar-refractivity contribution in [2.75, 3.05) is 7.05 Å². The lowest BCUT2D eigenvalue weighted by Gasteiger charge is -2.02. The van der Waals surface area contributed by atoms with Crippen LogP contribution < -0.4 is 0 Å². The van der Waals surface area contributed by atoms with Crippen LogP contribution in [0.1, 0.15) is 31.4 Å². The highest BCUT2D eigenvalue weighted by molar-refractivity contribution is 5.29. The lowest BCUT2D eigenvalue weighted by Crippen LogP contribution is -2.07. The Bertz CT molecular complexity index is 230. The van der Waals surface area contributed by atoms with Gasteiger partial charge >= 0.3 is 0 Å². The molecule has 1 heterocycles. The molecule has 0 spiro atoms. The summed E-state index contributed by atoms with van der Waals surface area (Å²) in [5, 5.41) is 0. The number of nitrogens with zero attached hydrogens (tertiary/aromatic N) is 1. The van der Waals surface area contributed by atoms with Gasteiger partial charge in [0.1, 0.15) is 0 Å². The summed E-state index contributed by atoms with van der Waals surface area (Å²) in [7, 11) is 2.15. The first-order chi connectivity index (χ1) is 6.27. The zero-order valence-corrected chi connectivity index (χ0v) is 8.88. The van der Waals surface area contributed by atoms with Gasteiger partial charge < -0.3 is 0 Å². The first-order valence-corrected chi connectivity index (χ1v) is 5.03. The van der Waals surface area contributed by atoms with Crippen molar-refractivity contribution in [2.45, 2.75) is 33.4 Å². The monoisotopic (exact) mass is 177 g/mol. The first kappa shape index (κ1) is 10.3. The SMILES string of the molecule is CCC.CN1Cc2ccccc2C1. The zero-order chi connectivity index (χ0) is 9.68. The van der Waals surface area contributed by atoms with Gasteiger partial charge in [-0.2, -0.15) is 0 Å². The Morgan fingerprint density at radius 2 is 1.46 bits per heavy atom. The van der Waals surface area contributed by atoms with Crippen molar-refractivity contribution in [3.8, 4) is 0 Å². The fraction of sp³-hybridized carbons (Fsp3) is 0.500. The minimum absolute atomic E-state index is 1.12. The number of hydrogen-bond donors (Lipinski definition) is 0. The molecule has 0 atom stereocenters. The van der Waals surface area contributed by atoms with E-state index in [1.165, 1.54) is 17.5 Å². The fourth-order valence-corrected chi connectivity index (χ4v) is 1.50. The molecule has 1 heteroatoms. The molecule has 1 aliphatic rings. The summed E-state index contributed by atoms with van der Waals surface area (Å²) in [6.07, 6.45) is 1.25. The molecule has 0 amide bonds. The predicted octanol–water partition coefficient (Wildman–Crippen LogP) is 3.05. The largest absolute Gasteiger partial charge is 0.298 e. The first-order valence-electron chi connectivity index (χ1n) is 5.03. The van der Waals surface area contributed by atoms with Crippen molar-refractivity contribution in [2.24, 2.45) is 0 Å². The van der Waals surface area contributed by atoms with Crippen LogP contribution in [-0.2, 0) is 13.1 Å². The summed E-state index contributed by atoms with van der Waals surface area (Å²) in [4.78, 5) is 2.32. The van der Waals surface area contributed by atoms with Crippen LogP contribution in [0.15, 0.2) is 24.3 Å². The van der Waals surface area contributed by atoms with E-state index in [0.29, 0.717) is 0 Å². The van der Waals surface area contributed by atoms with Gasteiger partial charge in [-0.15, -0.1) is 0 Å². The molecule has 0 saturated carbocycles. The van der Waals surface area contributed by atoms with Gasteiger partial charge in [-0.1, -0.05) is 44.5 Å².